The molecule has 0 aromatic carbocycles. The minimum absolute atomic E-state index is 0.424. The number of amides is 1. The van der Waals surface area contributed by atoms with Gasteiger partial charge in [-0.15, -0.1) is 11.3 Å². The Bertz CT molecular complexity index is 397. The van der Waals surface area contributed by atoms with Crippen LogP contribution in [0.1, 0.15) is 17.7 Å². The SMILES string of the molecule is CC(C(=O)NCC(F)(F)CN)c1ccc(Br)s1. The first-order chi connectivity index (χ1) is 7.85. The highest BCUT2D eigenvalue weighted by Gasteiger charge is 2.28. The summed E-state index contributed by atoms with van der Waals surface area (Å²) in [6.07, 6.45) is 0. The van der Waals surface area contributed by atoms with E-state index in [2.05, 4.69) is 21.2 Å². The molecule has 1 heterocycles. The van der Waals surface area contributed by atoms with Crippen molar-refractivity contribution < 1.29 is 13.6 Å². The molecular formula is C10H13BrF2N2OS. The van der Waals surface area contributed by atoms with Crippen molar-refractivity contribution in [2.75, 3.05) is 13.1 Å². The zero-order chi connectivity index (χ0) is 13.1. The largest absolute Gasteiger partial charge is 0.349 e. The first-order valence-electron chi connectivity index (χ1n) is 4.96. The van der Waals surface area contributed by atoms with Gasteiger partial charge in [-0.25, -0.2) is 8.78 Å². The van der Waals surface area contributed by atoms with E-state index >= 15 is 0 Å². The molecule has 0 aliphatic rings. The first-order valence-corrected chi connectivity index (χ1v) is 6.57. The molecule has 1 amide bonds. The number of halogens is 3. The summed E-state index contributed by atoms with van der Waals surface area (Å²) in [5.74, 6) is -3.92. The van der Waals surface area contributed by atoms with Crippen molar-refractivity contribution in [2.24, 2.45) is 5.73 Å². The lowest BCUT2D eigenvalue weighted by molar-refractivity contribution is -0.123. The number of carbonyl (C=O) groups is 1. The highest BCUT2D eigenvalue weighted by molar-refractivity contribution is 9.11. The lowest BCUT2D eigenvalue weighted by atomic mass is 10.1. The lowest BCUT2D eigenvalue weighted by Gasteiger charge is -2.16. The fourth-order valence-corrected chi connectivity index (χ4v) is 2.61. The van der Waals surface area contributed by atoms with Crippen molar-refractivity contribution in [2.45, 2.75) is 18.8 Å². The third-order valence-electron chi connectivity index (χ3n) is 2.23. The van der Waals surface area contributed by atoms with E-state index in [1.165, 1.54) is 11.3 Å². The van der Waals surface area contributed by atoms with Gasteiger partial charge in [-0.3, -0.25) is 4.79 Å². The molecular weight excluding hydrogens is 314 g/mol. The summed E-state index contributed by atoms with van der Waals surface area (Å²) < 4.78 is 26.6. The molecule has 1 unspecified atom stereocenters. The van der Waals surface area contributed by atoms with Gasteiger partial charge in [-0.05, 0) is 35.0 Å². The van der Waals surface area contributed by atoms with Crippen LogP contribution in [0.25, 0.3) is 0 Å². The molecule has 0 radical (unpaired) electrons. The van der Waals surface area contributed by atoms with Crippen molar-refractivity contribution in [1.29, 1.82) is 0 Å². The van der Waals surface area contributed by atoms with Gasteiger partial charge in [-0.2, -0.15) is 0 Å². The molecule has 7 heteroatoms. The van der Waals surface area contributed by atoms with E-state index in [9.17, 15) is 13.6 Å². The van der Waals surface area contributed by atoms with E-state index in [0.29, 0.717) is 0 Å². The quantitative estimate of drug-likeness (QED) is 0.872. The fourth-order valence-electron chi connectivity index (χ4n) is 1.13. The van der Waals surface area contributed by atoms with Gasteiger partial charge in [0.2, 0.25) is 5.91 Å². The molecule has 0 saturated carbocycles. The van der Waals surface area contributed by atoms with E-state index in [-0.39, 0.29) is 0 Å². The summed E-state index contributed by atoms with van der Waals surface area (Å²) in [7, 11) is 0. The van der Waals surface area contributed by atoms with Gasteiger partial charge in [0, 0.05) is 4.88 Å². The molecule has 0 saturated heterocycles. The third kappa shape index (κ3) is 4.33. The number of thiophene rings is 1. The number of nitrogens with two attached hydrogens (primary N) is 1. The Morgan fingerprint density at radius 2 is 2.29 bits per heavy atom. The molecule has 1 aromatic heterocycles. The van der Waals surface area contributed by atoms with E-state index < -0.39 is 30.8 Å². The zero-order valence-electron chi connectivity index (χ0n) is 9.17. The van der Waals surface area contributed by atoms with Gasteiger partial charge >= 0.3 is 0 Å². The third-order valence-corrected chi connectivity index (χ3v) is 4.04. The predicted molar refractivity (Wildman–Crippen MR) is 67.4 cm³/mol. The van der Waals surface area contributed by atoms with Crippen LogP contribution in [0.3, 0.4) is 0 Å². The summed E-state index contributed by atoms with van der Waals surface area (Å²) in [6, 6.07) is 3.61. The number of hydrogen-bond acceptors (Lipinski definition) is 3. The Balaban J connectivity index is 2.54. The van der Waals surface area contributed by atoms with Gasteiger partial charge in [0.15, 0.2) is 0 Å². The van der Waals surface area contributed by atoms with E-state index in [1.54, 1.807) is 13.0 Å². The molecule has 0 spiro atoms. The summed E-state index contributed by atoms with van der Waals surface area (Å²) in [5, 5.41) is 2.20. The summed E-state index contributed by atoms with van der Waals surface area (Å²) >= 11 is 4.69. The Kier molecular flexibility index (Phi) is 5.03. The molecule has 0 aliphatic carbocycles. The van der Waals surface area contributed by atoms with Crippen molar-refractivity contribution >= 4 is 33.2 Å². The molecule has 3 nitrogen and oxygen atoms in total. The smallest absolute Gasteiger partial charge is 0.277 e. The normalized spacial score (nSPS) is 13.5. The number of hydrogen-bond donors (Lipinski definition) is 2. The van der Waals surface area contributed by atoms with Gasteiger partial charge in [-0.1, -0.05) is 0 Å². The lowest BCUT2D eigenvalue weighted by Crippen LogP contribution is -2.42. The van der Waals surface area contributed by atoms with Crippen molar-refractivity contribution in [3.8, 4) is 0 Å². The highest BCUT2D eigenvalue weighted by atomic mass is 79.9. The van der Waals surface area contributed by atoms with E-state index in [0.717, 1.165) is 8.66 Å². The number of nitrogens with one attached hydrogen (secondary N) is 1. The van der Waals surface area contributed by atoms with Crippen molar-refractivity contribution in [3.63, 3.8) is 0 Å². The van der Waals surface area contributed by atoms with Crippen LogP contribution in [-0.4, -0.2) is 24.9 Å². The van der Waals surface area contributed by atoms with E-state index in [1.807, 2.05) is 6.07 Å². The zero-order valence-corrected chi connectivity index (χ0v) is 11.6. The molecule has 1 rings (SSSR count). The molecule has 1 aromatic rings. The van der Waals surface area contributed by atoms with Crippen LogP contribution >= 0.6 is 27.3 Å². The second-order valence-electron chi connectivity index (χ2n) is 3.64. The van der Waals surface area contributed by atoms with Gasteiger partial charge in [0.25, 0.3) is 5.92 Å². The Labute approximate surface area is 111 Å². The maximum Gasteiger partial charge on any atom is 0.277 e. The molecule has 1 atom stereocenters. The average molecular weight is 327 g/mol. The Morgan fingerprint density at radius 1 is 1.65 bits per heavy atom. The second kappa shape index (κ2) is 5.88. The fraction of sp³-hybridized carbons (Fsp3) is 0.500. The van der Waals surface area contributed by atoms with Crippen LogP contribution in [0.15, 0.2) is 15.9 Å². The standard InChI is InChI=1S/C10H13BrF2N2OS/c1-6(7-2-3-8(11)17-7)9(16)15-5-10(12,13)4-14/h2-3,6H,4-5,14H2,1H3,(H,15,16). The van der Waals surface area contributed by atoms with E-state index in [4.69, 9.17) is 5.73 Å². The Hall–Kier alpha value is -0.530. The van der Waals surface area contributed by atoms with Crippen molar-refractivity contribution in [3.05, 3.63) is 20.8 Å². The summed E-state index contributed by atoms with van der Waals surface area (Å²) in [4.78, 5) is 12.4. The number of carbonyl (C=O) groups excluding carboxylic acids is 1. The molecule has 3 N–H and O–H groups in total. The van der Waals surface area contributed by atoms with Crippen molar-refractivity contribution in [1.82, 2.24) is 5.32 Å². The topological polar surface area (TPSA) is 55.1 Å². The number of rotatable bonds is 5. The van der Waals surface area contributed by atoms with Crippen LogP contribution < -0.4 is 11.1 Å². The molecule has 96 valence electrons. The maximum atomic E-state index is 12.8. The molecule has 0 bridgehead atoms. The minimum atomic E-state index is -3.05. The monoisotopic (exact) mass is 326 g/mol. The molecule has 0 aliphatic heterocycles. The minimum Gasteiger partial charge on any atom is -0.349 e. The second-order valence-corrected chi connectivity index (χ2v) is 6.14. The summed E-state index contributed by atoms with van der Waals surface area (Å²) in [5.41, 5.74) is 4.88. The van der Waals surface area contributed by atoms with Crippen LogP contribution in [0.2, 0.25) is 0 Å². The average Bonchev–Trinajstić information content (AvgIpc) is 2.72. The highest BCUT2D eigenvalue weighted by Crippen LogP contribution is 2.28. The van der Waals surface area contributed by atoms with Gasteiger partial charge < -0.3 is 11.1 Å². The molecule has 0 fully saturated rings. The predicted octanol–water partition coefficient (Wildman–Crippen LogP) is 2.32. The van der Waals surface area contributed by atoms with Gasteiger partial charge in [0.1, 0.15) is 0 Å². The Morgan fingerprint density at radius 3 is 2.76 bits per heavy atom. The van der Waals surface area contributed by atoms with Gasteiger partial charge in [0.05, 0.1) is 22.8 Å². The molecule has 17 heavy (non-hydrogen) atoms. The van der Waals surface area contributed by atoms with Crippen LogP contribution in [0, 0.1) is 0 Å². The van der Waals surface area contributed by atoms with Crippen LogP contribution in [-0.2, 0) is 4.79 Å². The van der Waals surface area contributed by atoms with Crippen LogP contribution in [0.4, 0.5) is 8.78 Å². The first kappa shape index (κ1) is 14.5. The number of alkyl halides is 2. The van der Waals surface area contributed by atoms with Crippen LogP contribution in [0.5, 0.6) is 0 Å². The maximum absolute atomic E-state index is 12.8. The summed E-state index contributed by atoms with van der Waals surface area (Å²) in [6.45, 7) is 0.180.